The Labute approximate surface area is 108 Å². The summed E-state index contributed by atoms with van der Waals surface area (Å²) >= 11 is 0. The quantitative estimate of drug-likeness (QED) is 0.871. The Kier molecular flexibility index (Phi) is 2.38. The second kappa shape index (κ2) is 3.62. The van der Waals surface area contributed by atoms with Crippen molar-refractivity contribution in [3.63, 3.8) is 0 Å². The van der Waals surface area contributed by atoms with E-state index < -0.39 is 0 Å². The lowest BCUT2D eigenvalue weighted by molar-refractivity contribution is 0.0801. The van der Waals surface area contributed by atoms with Crippen LogP contribution in [-0.2, 0) is 0 Å². The zero-order valence-electron chi connectivity index (χ0n) is 11.3. The van der Waals surface area contributed by atoms with Crippen LogP contribution >= 0.6 is 0 Å². The maximum absolute atomic E-state index is 12.1. The molecule has 0 spiro atoms. The van der Waals surface area contributed by atoms with Crippen molar-refractivity contribution in [1.82, 2.24) is 5.32 Å². The number of amides is 1. The van der Waals surface area contributed by atoms with Gasteiger partial charge in [-0.25, -0.2) is 0 Å². The van der Waals surface area contributed by atoms with E-state index in [0.29, 0.717) is 11.2 Å². The summed E-state index contributed by atoms with van der Waals surface area (Å²) in [6.07, 6.45) is 5.17. The van der Waals surface area contributed by atoms with Crippen molar-refractivity contribution in [2.45, 2.75) is 46.1 Å². The van der Waals surface area contributed by atoms with Crippen LogP contribution in [0.3, 0.4) is 0 Å². The Morgan fingerprint density at radius 2 is 2.22 bits per heavy atom. The molecule has 18 heavy (non-hydrogen) atoms. The highest BCUT2D eigenvalue weighted by atomic mass is 16.3. The number of carbonyl (C=O) groups is 1. The third kappa shape index (κ3) is 1.39. The smallest absolute Gasteiger partial charge is 0.287 e. The van der Waals surface area contributed by atoms with E-state index in [1.54, 1.807) is 18.4 Å². The molecule has 3 rings (SSSR count). The van der Waals surface area contributed by atoms with Gasteiger partial charge < -0.3 is 9.73 Å². The molecular formula is C15H21NO2. The van der Waals surface area contributed by atoms with Gasteiger partial charge in [0.2, 0.25) is 0 Å². The second-order valence-corrected chi connectivity index (χ2v) is 6.61. The molecule has 3 unspecified atom stereocenters. The van der Waals surface area contributed by atoms with Crippen molar-refractivity contribution in [3.8, 4) is 0 Å². The first kappa shape index (κ1) is 11.8. The van der Waals surface area contributed by atoms with Crippen LogP contribution in [0.25, 0.3) is 0 Å². The molecular weight excluding hydrogens is 226 g/mol. The van der Waals surface area contributed by atoms with Gasteiger partial charge in [-0.15, -0.1) is 0 Å². The highest BCUT2D eigenvalue weighted by Gasteiger charge is 2.61. The van der Waals surface area contributed by atoms with Gasteiger partial charge in [0.05, 0.1) is 6.26 Å². The molecule has 2 bridgehead atoms. The monoisotopic (exact) mass is 247 g/mol. The van der Waals surface area contributed by atoms with Gasteiger partial charge >= 0.3 is 0 Å². The molecule has 3 atom stereocenters. The molecule has 0 radical (unpaired) electrons. The summed E-state index contributed by atoms with van der Waals surface area (Å²) in [4.78, 5) is 12.1. The number of hydrogen-bond acceptors (Lipinski definition) is 2. The molecule has 2 aliphatic rings. The Morgan fingerprint density at radius 1 is 1.44 bits per heavy atom. The predicted molar refractivity (Wildman–Crippen MR) is 69.2 cm³/mol. The van der Waals surface area contributed by atoms with Crippen molar-refractivity contribution in [3.05, 3.63) is 24.2 Å². The molecule has 3 heteroatoms. The Balaban J connectivity index is 1.78. The van der Waals surface area contributed by atoms with E-state index in [0.717, 1.165) is 12.3 Å². The van der Waals surface area contributed by atoms with Crippen LogP contribution in [0.5, 0.6) is 0 Å². The van der Waals surface area contributed by atoms with E-state index in [1.165, 1.54) is 12.8 Å². The standard InChI is InChI=1S/C15H21NO2/c1-14(2)10-6-7-15(14,3)12(9-10)16-13(17)11-5-4-8-18-11/h4-5,8,10,12H,6-7,9H2,1-3H3,(H,16,17). The first-order valence-corrected chi connectivity index (χ1v) is 6.79. The van der Waals surface area contributed by atoms with Gasteiger partial charge in [0, 0.05) is 6.04 Å². The number of furan rings is 1. The largest absolute Gasteiger partial charge is 0.459 e. The minimum absolute atomic E-state index is 0.0745. The molecule has 1 heterocycles. The van der Waals surface area contributed by atoms with E-state index in [-0.39, 0.29) is 17.4 Å². The van der Waals surface area contributed by atoms with Crippen LogP contribution in [-0.4, -0.2) is 11.9 Å². The topological polar surface area (TPSA) is 42.2 Å². The van der Waals surface area contributed by atoms with Gasteiger partial charge in [0.15, 0.2) is 5.76 Å². The minimum atomic E-state index is -0.0745. The number of fused-ring (bicyclic) bond motifs is 2. The van der Waals surface area contributed by atoms with Gasteiger partial charge in [0.1, 0.15) is 0 Å². The van der Waals surface area contributed by atoms with E-state index in [9.17, 15) is 4.79 Å². The first-order chi connectivity index (χ1) is 8.45. The minimum Gasteiger partial charge on any atom is -0.459 e. The second-order valence-electron chi connectivity index (χ2n) is 6.61. The van der Waals surface area contributed by atoms with Gasteiger partial charge in [-0.2, -0.15) is 0 Å². The summed E-state index contributed by atoms with van der Waals surface area (Å²) in [5, 5.41) is 3.18. The molecule has 98 valence electrons. The maximum Gasteiger partial charge on any atom is 0.287 e. The molecule has 0 aliphatic heterocycles. The Bertz CT molecular complexity index is 463. The van der Waals surface area contributed by atoms with Crippen LogP contribution in [0.1, 0.15) is 50.6 Å². The summed E-state index contributed by atoms with van der Waals surface area (Å²) in [5.41, 5.74) is 0.550. The molecule has 1 aromatic rings. The van der Waals surface area contributed by atoms with E-state index >= 15 is 0 Å². The number of nitrogens with one attached hydrogen (secondary N) is 1. The van der Waals surface area contributed by atoms with Gasteiger partial charge in [0.25, 0.3) is 5.91 Å². The van der Waals surface area contributed by atoms with Crippen molar-refractivity contribution in [2.24, 2.45) is 16.7 Å². The van der Waals surface area contributed by atoms with E-state index in [2.05, 4.69) is 26.1 Å². The lowest BCUT2D eigenvalue weighted by atomic mass is 9.69. The third-order valence-corrected chi connectivity index (χ3v) is 5.84. The van der Waals surface area contributed by atoms with Crippen LogP contribution < -0.4 is 5.32 Å². The number of hydrogen-bond donors (Lipinski definition) is 1. The normalized spacial score (nSPS) is 36.8. The molecule has 3 nitrogen and oxygen atoms in total. The van der Waals surface area contributed by atoms with Crippen molar-refractivity contribution < 1.29 is 9.21 Å². The maximum atomic E-state index is 12.1. The molecule has 1 aromatic heterocycles. The fourth-order valence-electron chi connectivity index (χ4n) is 4.06. The third-order valence-electron chi connectivity index (χ3n) is 5.84. The summed E-state index contributed by atoms with van der Waals surface area (Å²) in [6, 6.07) is 3.75. The lowest BCUT2D eigenvalue weighted by Gasteiger charge is -2.39. The molecule has 1 amide bonds. The zero-order chi connectivity index (χ0) is 13.0. The Morgan fingerprint density at radius 3 is 2.72 bits per heavy atom. The van der Waals surface area contributed by atoms with Crippen molar-refractivity contribution in [2.75, 3.05) is 0 Å². The molecule has 1 N–H and O–H groups in total. The average Bonchev–Trinajstić information content (AvgIpc) is 2.95. The van der Waals surface area contributed by atoms with Gasteiger partial charge in [-0.05, 0) is 48.1 Å². The number of rotatable bonds is 2. The Hall–Kier alpha value is -1.25. The summed E-state index contributed by atoms with van der Waals surface area (Å²) in [5.74, 6) is 1.08. The lowest BCUT2D eigenvalue weighted by Crippen LogP contribution is -2.46. The fourth-order valence-corrected chi connectivity index (χ4v) is 4.06. The fraction of sp³-hybridized carbons (Fsp3) is 0.667. The van der Waals surface area contributed by atoms with Crippen LogP contribution in [0.15, 0.2) is 22.8 Å². The molecule has 0 saturated heterocycles. The van der Waals surface area contributed by atoms with Crippen molar-refractivity contribution >= 4 is 5.91 Å². The van der Waals surface area contributed by atoms with Crippen LogP contribution in [0.2, 0.25) is 0 Å². The molecule has 2 fully saturated rings. The van der Waals surface area contributed by atoms with Gasteiger partial charge in [-0.3, -0.25) is 4.79 Å². The van der Waals surface area contributed by atoms with Crippen LogP contribution in [0.4, 0.5) is 0 Å². The average molecular weight is 247 g/mol. The highest BCUT2D eigenvalue weighted by Crippen LogP contribution is 2.65. The summed E-state index contributed by atoms with van der Waals surface area (Å²) in [7, 11) is 0. The molecule has 2 saturated carbocycles. The molecule has 0 aromatic carbocycles. The van der Waals surface area contributed by atoms with E-state index in [1.807, 2.05) is 0 Å². The summed E-state index contributed by atoms with van der Waals surface area (Å²) < 4.78 is 5.16. The zero-order valence-corrected chi connectivity index (χ0v) is 11.3. The SMILES string of the molecule is CC1(C)C2CCC1(C)C(NC(=O)c1ccco1)C2. The summed E-state index contributed by atoms with van der Waals surface area (Å²) in [6.45, 7) is 7.03. The molecule has 2 aliphatic carbocycles. The van der Waals surface area contributed by atoms with Crippen molar-refractivity contribution in [1.29, 1.82) is 0 Å². The highest BCUT2D eigenvalue weighted by molar-refractivity contribution is 5.91. The van der Waals surface area contributed by atoms with E-state index in [4.69, 9.17) is 4.42 Å². The predicted octanol–water partition coefficient (Wildman–Crippen LogP) is 3.22. The number of carbonyl (C=O) groups excluding carboxylic acids is 1. The first-order valence-electron chi connectivity index (χ1n) is 6.79. The van der Waals surface area contributed by atoms with Gasteiger partial charge in [-0.1, -0.05) is 20.8 Å². The van der Waals surface area contributed by atoms with Crippen LogP contribution in [0, 0.1) is 16.7 Å².